The Labute approximate surface area is 113 Å². The SMILES string of the molecule is CCOc1nc(NC(C)C(=O)N(C)CC)ccc1N. The van der Waals surface area contributed by atoms with Gasteiger partial charge in [-0.25, -0.2) is 0 Å². The minimum absolute atomic E-state index is 0.0130. The van der Waals surface area contributed by atoms with Crippen molar-refractivity contribution < 1.29 is 9.53 Å². The van der Waals surface area contributed by atoms with Gasteiger partial charge in [-0.15, -0.1) is 0 Å². The molecular weight excluding hydrogens is 244 g/mol. The van der Waals surface area contributed by atoms with Crippen molar-refractivity contribution in [3.05, 3.63) is 12.1 Å². The van der Waals surface area contributed by atoms with Gasteiger partial charge in [-0.2, -0.15) is 4.98 Å². The lowest BCUT2D eigenvalue weighted by Crippen LogP contribution is -2.39. The molecule has 0 aliphatic rings. The van der Waals surface area contributed by atoms with E-state index in [2.05, 4.69) is 10.3 Å². The minimum atomic E-state index is -0.351. The van der Waals surface area contributed by atoms with Gasteiger partial charge in [0.15, 0.2) is 0 Å². The number of pyridine rings is 1. The van der Waals surface area contributed by atoms with E-state index in [4.69, 9.17) is 10.5 Å². The normalized spacial score (nSPS) is 11.8. The first-order valence-electron chi connectivity index (χ1n) is 6.40. The van der Waals surface area contributed by atoms with E-state index in [0.29, 0.717) is 30.5 Å². The number of hydrogen-bond donors (Lipinski definition) is 2. The van der Waals surface area contributed by atoms with Gasteiger partial charge in [-0.1, -0.05) is 0 Å². The number of nitrogen functional groups attached to an aromatic ring is 1. The molecule has 1 unspecified atom stereocenters. The Balaban J connectivity index is 2.76. The molecule has 19 heavy (non-hydrogen) atoms. The first-order chi connectivity index (χ1) is 8.99. The number of aromatic nitrogens is 1. The van der Waals surface area contributed by atoms with E-state index < -0.39 is 0 Å². The first kappa shape index (κ1) is 15.1. The topological polar surface area (TPSA) is 80.5 Å². The van der Waals surface area contributed by atoms with Crippen molar-refractivity contribution in [1.82, 2.24) is 9.88 Å². The molecule has 6 heteroatoms. The number of amides is 1. The second-order valence-corrected chi connectivity index (χ2v) is 4.24. The van der Waals surface area contributed by atoms with Crippen LogP contribution < -0.4 is 15.8 Å². The van der Waals surface area contributed by atoms with Gasteiger partial charge in [-0.3, -0.25) is 4.79 Å². The van der Waals surface area contributed by atoms with E-state index in [-0.39, 0.29) is 11.9 Å². The molecule has 3 N–H and O–H groups in total. The third-order valence-corrected chi connectivity index (χ3v) is 2.76. The summed E-state index contributed by atoms with van der Waals surface area (Å²) in [5, 5.41) is 3.05. The van der Waals surface area contributed by atoms with Crippen LogP contribution in [0.25, 0.3) is 0 Å². The van der Waals surface area contributed by atoms with Crippen LogP contribution in [-0.4, -0.2) is 42.0 Å². The van der Waals surface area contributed by atoms with Crippen LogP contribution in [-0.2, 0) is 4.79 Å². The molecule has 1 rings (SSSR count). The van der Waals surface area contributed by atoms with Crippen LogP contribution in [0.4, 0.5) is 11.5 Å². The van der Waals surface area contributed by atoms with Crippen LogP contribution in [0.3, 0.4) is 0 Å². The number of anilines is 2. The third kappa shape index (κ3) is 4.01. The smallest absolute Gasteiger partial charge is 0.244 e. The van der Waals surface area contributed by atoms with Crippen molar-refractivity contribution in [3.8, 4) is 5.88 Å². The molecular formula is C13H22N4O2. The lowest BCUT2D eigenvalue weighted by atomic mass is 10.3. The lowest BCUT2D eigenvalue weighted by Gasteiger charge is -2.21. The maximum atomic E-state index is 11.9. The van der Waals surface area contributed by atoms with Crippen LogP contribution in [0.2, 0.25) is 0 Å². The zero-order chi connectivity index (χ0) is 14.4. The van der Waals surface area contributed by atoms with E-state index in [1.807, 2.05) is 13.8 Å². The van der Waals surface area contributed by atoms with Gasteiger partial charge in [0.25, 0.3) is 0 Å². The van der Waals surface area contributed by atoms with Gasteiger partial charge < -0.3 is 20.7 Å². The Hall–Kier alpha value is -1.98. The minimum Gasteiger partial charge on any atom is -0.476 e. The van der Waals surface area contributed by atoms with Crippen molar-refractivity contribution in [2.24, 2.45) is 0 Å². The van der Waals surface area contributed by atoms with Gasteiger partial charge in [0, 0.05) is 13.6 Å². The summed E-state index contributed by atoms with van der Waals surface area (Å²) in [6.45, 7) is 6.76. The molecule has 1 aromatic rings. The molecule has 1 amide bonds. The first-order valence-corrected chi connectivity index (χ1v) is 6.40. The highest BCUT2D eigenvalue weighted by Gasteiger charge is 2.16. The summed E-state index contributed by atoms with van der Waals surface area (Å²) < 4.78 is 5.32. The molecule has 0 spiro atoms. The fraction of sp³-hybridized carbons (Fsp3) is 0.538. The Kier molecular flexibility index (Phi) is 5.41. The molecule has 1 atom stereocenters. The van der Waals surface area contributed by atoms with E-state index in [1.165, 1.54) is 0 Å². The van der Waals surface area contributed by atoms with E-state index in [9.17, 15) is 4.79 Å². The fourth-order valence-corrected chi connectivity index (χ4v) is 1.55. The zero-order valence-electron chi connectivity index (χ0n) is 11.9. The second kappa shape index (κ2) is 6.82. The van der Waals surface area contributed by atoms with Crippen LogP contribution in [0.1, 0.15) is 20.8 Å². The number of nitrogens with two attached hydrogens (primary N) is 1. The number of rotatable bonds is 6. The van der Waals surface area contributed by atoms with Crippen molar-refractivity contribution >= 4 is 17.4 Å². The predicted octanol–water partition coefficient (Wildman–Crippen LogP) is 1.34. The molecule has 0 aromatic carbocycles. The quantitative estimate of drug-likeness (QED) is 0.812. The number of likely N-dealkylation sites (N-methyl/N-ethyl adjacent to an activating group) is 1. The van der Waals surface area contributed by atoms with Gasteiger partial charge in [-0.05, 0) is 32.9 Å². The summed E-state index contributed by atoms with van der Waals surface area (Å²) in [4.78, 5) is 17.8. The number of ether oxygens (including phenoxy) is 1. The van der Waals surface area contributed by atoms with E-state index in [0.717, 1.165) is 0 Å². The third-order valence-electron chi connectivity index (χ3n) is 2.76. The molecule has 6 nitrogen and oxygen atoms in total. The molecule has 0 saturated heterocycles. The number of carbonyl (C=O) groups excluding carboxylic acids is 1. The van der Waals surface area contributed by atoms with Crippen molar-refractivity contribution in [1.29, 1.82) is 0 Å². The summed E-state index contributed by atoms with van der Waals surface area (Å²) in [5.41, 5.74) is 6.23. The highest BCUT2D eigenvalue weighted by molar-refractivity contribution is 5.83. The van der Waals surface area contributed by atoms with Gasteiger partial charge >= 0.3 is 0 Å². The molecule has 0 aliphatic heterocycles. The molecule has 106 valence electrons. The summed E-state index contributed by atoms with van der Waals surface area (Å²) >= 11 is 0. The van der Waals surface area contributed by atoms with Gasteiger partial charge in [0.05, 0.1) is 12.3 Å². The summed E-state index contributed by atoms with van der Waals surface area (Å²) in [7, 11) is 1.77. The number of nitrogens with zero attached hydrogens (tertiary/aromatic N) is 2. The lowest BCUT2D eigenvalue weighted by molar-refractivity contribution is -0.130. The molecule has 1 aromatic heterocycles. The standard InChI is InChI=1S/C13H22N4O2/c1-5-17(4)13(18)9(3)15-11-8-7-10(14)12(16-11)19-6-2/h7-9H,5-6,14H2,1-4H3,(H,15,16). The van der Waals surface area contributed by atoms with Crippen LogP contribution >= 0.6 is 0 Å². The predicted molar refractivity (Wildman–Crippen MR) is 76.2 cm³/mol. The average Bonchev–Trinajstić information content (AvgIpc) is 2.41. The Morgan fingerprint density at radius 3 is 2.79 bits per heavy atom. The van der Waals surface area contributed by atoms with Crippen LogP contribution in [0, 0.1) is 0 Å². The van der Waals surface area contributed by atoms with Crippen molar-refractivity contribution in [2.75, 3.05) is 31.2 Å². The van der Waals surface area contributed by atoms with E-state index >= 15 is 0 Å². The highest BCUT2D eigenvalue weighted by Crippen LogP contribution is 2.21. The molecule has 0 fully saturated rings. The molecule has 1 heterocycles. The van der Waals surface area contributed by atoms with E-state index in [1.54, 1.807) is 31.0 Å². The van der Waals surface area contributed by atoms with Crippen molar-refractivity contribution in [2.45, 2.75) is 26.8 Å². The summed E-state index contributed by atoms with van der Waals surface area (Å²) in [6, 6.07) is 3.09. The van der Waals surface area contributed by atoms with Crippen LogP contribution in [0.15, 0.2) is 12.1 Å². The summed E-state index contributed by atoms with van der Waals surface area (Å²) in [6.07, 6.45) is 0. The fourth-order valence-electron chi connectivity index (χ4n) is 1.55. The number of hydrogen-bond acceptors (Lipinski definition) is 5. The summed E-state index contributed by atoms with van der Waals surface area (Å²) in [5.74, 6) is 0.970. The van der Waals surface area contributed by atoms with Gasteiger partial charge in [0.1, 0.15) is 11.9 Å². The average molecular weight is 266 g/mol. The second-order valence-electron chi connectivity index (χ2n) is 4.24. The molecule has 0 saturated carbocycles. The zero-order valence-corrected chi connectivity index (χ0v) is 11.9. The van der Waals surface area contributed by atoms with Crippen LogP contribution in [0.5, 0.6) is 5.88 Å². The Morgan fingerprint density at radius 1 is 1.53 bits per heavy atom. The molecule has 0 aliphatic carbocycles. The highest BCUT2D eigenvalue weighted by atomic mass is 16.5. The maximum Gasteiger partial charge on any atom is 0.244 e. The maximum absolute atomic E-state index is 11.9. The van der Waals surface area contributed by atoms with Gasteiger partial charge in [0.2, 0.25) is 11.8 Å². The number of nitrogens with one attached hydrogen (secondary N) is 1. The molecule has 0 radical (unpaired) electrons. The number of carbonyl (C=O) groups is 1. The largest absolute Gasteiger partial charge is 0.476 e. The van der Waals surface area contributed by atoms with Crippen molar-refractivity contribution in [3.63, 3.8) is 0 Å². The monoisotopic (exact) mass is 266 g/mol. The Morgan fingerprint density at radius 2 is 2.21 bits per heavy atom. The Bertz CT molecular complexity index is 437. The molecule has 0 bridgehead atoms.